The Hall–Kier alpha value is -2.55. The summed E-state index contributed by atoms with van der Waals surface area (Å²) in [6, 6.07) is 18.2. The summed E-state index contributed by atoms with van der Waals surface area (Å²) in [6.45, 7) is 3.90. The van der Waals surface area contributed by atoms with E-state index in [1.165, 1.54) is 5.56 Å². The summed E-state index contributed by atoms with van der Waals surface area (Å²) in [5, 5.41) is 14.8. The number of rotatable bonds is 3. The summed E-state index contributed by atoms with van der Waals surface area (Å²) in [5.41, 5.74) is 4.83. The number of aryl methyl sites for hydroxylation is 2. The van der Waals surface area contributed by atoms with Crippen molar-refractivity contribution in [2.45, 2.75) is 20.3 Å². The standard InChI is InChI=1S/C18H18N2O/c1-13-8-10-15(11-9-13)12-17-18(21)14(2)19-20(17)16-6-4-3-5-7-16/h3-11,21H,12H2,1-2H3. The van der Waals surface area contributed by atoms with Crippen molar-refractivity contribution in [3.05, 3.63) is 77.1 Å². The van der Waals surface area contributed by atoms with E-state index in [0.717, 1.165) is 16.9 Å². The molecule has 1 aromatic heterocycles. The molecule has 3 aromatic rings. The van der Waals surface area contributed by atoms with Gasteiger partial charge in [-0.2, -0.15) is 5.10 Å². The molecule has 0 radical (unpaired) electrons. The van der Waals surface area contributed by atoms with Gasteiger partial charge >= 0.3 is 0 Å². The summed E-state index contributed by atoms with van der Waals surface area (Å²) < 4.78 is 1.82. The summed E-state index contributed by atoms with van der Waals surface area (Å²) >= 11 is 0. The minimum atomic E-state index is 0.277. The Morgan fingerprint density at radius 2 is 1.62 bits per heavy atom. The second kappa shape index (κ2) is 5.44. The van der Waals surface area contributed by atoms with E-state index in [1.54, 1.807) is 0 Å². The monoisotopic (exact) mass is 278 g/mol. The highest BCUT2D eigenvalue weighted by Crippen LogP contribution is 2.27. The van der Waals surface area contributed by atoms with Gasteiger partial charge in [0.05, 0.1) is 11.4 Å². The second-order valence-electron chi connectivity index (χ2n) is 5.29. The first-order valence-corrected chi connectivity index (χ1v) is 7.03. The Labute approximate surface area is 124 Å². The smallest absolute Gasteiger partial charge is 0.160 e. The van der Waals surface area contributed by atoms with Crippen LogP contribution in [0, 0.1) is 13.8 Å². The zero-order valence-electron chi connectivity index (χ0n) is 12.2. The van der Waals surface area contributed by atoms with E-state index in [-0.39, 0.29) is 5.75 Å². The Bertz CT molecular complexity index is 743. The van der Waals surface area contributed by atoms with Gasteiger partial charge in [-0.3, -0.25) is 0 Å². The fraction of sp³-hybridized carbons (Fsp3) is 0.167. The third-order valence-electron chi connectivity index (χ3n) is 3.61. The zero-order chi connectivity index (χ0) is 14.8. The minimum Gasteiger partial charge on any atom is -0.504 e. The molecule has 3 heteroatoms. The highest BCUT2D eigenvalue weighted by atomic mass is 16.3. The predicted molar refractivity (Wildman–Crippen MR) is 84.0 cm³/mol. The van der Waals surface area contributed by atoms with E-state index in [9.17, 15) is 5.11 Å². The van der Waals surface area contributed by atoms with Crippen LogP contribution in [0.4, 0.5) is 0 Å². The molecule has 21 heavy (non-hydrogen) atoms. The van der Waals surface area contributed by atoms with Crippen LogP contribution in [0.5, 0.6) is 5.75 Å². The normalized spacial score (nSPS) is 10.8. The van der Waals surface area contributed by atoms with Gasteiger partial charge in [-0.05, 0) is 31.5 Å². The lowest BCUT2D eigenvalue weighted by Gasteiger charge is -2.08. The molecule has 0 unspecified atom stereocenters. The van der Waals surface area contributed by atoms with Crippen LogP contribution in [0.1, 0.15) is 22.5 Å². The molecule has 0 aliphatic carbocycles. The number of aromatic nitrogens is 2. The summed E-state index contributed by atoms with van der Waals surface area (Å²) in [5.74, 6) is 0.277. The third kappa shape index (κ3) is 2.68. The quantitative estimate of drug-likeness (QED) is 0.791. The lowest BCUT2D eigenvalue weighted by atomic mass is 10.1. The van der Waals surface area contributed by atoms with Crippen LogP contribution in [0.3, 0.4) is 0 Å². The Morgan fingerprint density at radius 1 is 0.952 bits per heavy atom. The maximum absolute atomic E-state index is 10.3. The number of hydrogen-bond acceptors (Lipinski definition) is 2. The first-order valence-electron chi connectivity index (χ1n) is 7.03. The van der Waals surface area contributed by atoms with Crippen molar-refractivity contribution in [1.82, 2.24) is 9.78 Å². The third-order valence-corrected chi connectivity index (χ3v) is 3.61. The largest absolute Gasteiger partial charge is 0.504 e. The molecule has 106 valence electrons. The average Bonchev–Trinajstić information content (AvgIpc) is 2.79. The molecule has 0 amide bonds. The Morgan fingerprint density at radius 3 is 2.29 bits per heavy atom. The lowest BCUT2D eigenvalue weighted by molar-refractivity contribution is 0.464. The topological polar surface area (TPSA) is 38.1 Å². The molecule has 0 aliphatic rings. The van der Waals surface area contributed by atoms with Crippen molar-refractivity contribution in [3.63, 3.8) is 0 Å². The van der Waals surface area contributed by atoms with E-state index in [1.807, 2.05) is 41.9 Å². The van der Waals surface area contributed by atoms with Gasteiger partial charge in [0.25, 0.3) is 0 Å². The van der Waals surface area contributed by atoms with E-state index >= 15 is 0 Å². The SMILES string of the molecule is Cc1ccc(Cc2c(O)c(C)nn2-c2ccccc2)cc1. The van der Waals surface area contributed by atoms with Gasteiger partial charge in [0.1, 0.15) is 5.69 Å². The van der Waals surface area contributed by atoms with Gasteiger partial charge in [0.15, 0.2) is 5.75 Å². The maximum atomic E-state index is 10.3. The molecule has 1 N–H and O–H groups in total. The maximum Gasteiger partial charge on any atom is 0.160 e. The van der Waals surface area contributed by atoms with Gasteiger partial charge in [-0.25, -0.2) is 4.68 Å². The first-order chi connectivity index (χ1) is 10.1. The molecule has 0 saturated carbocycles. The van der Waals surface area contributed by atoms with E-state index in [4.69, 9.17) is 0 Å². The highest BCUT2D eigenvalue weighted by Gasteiger charge is 2.15. The van der Waals surface area contributed by atoms with Gasteiger partial charge in [0.2, 0.25) is 0 Å². The average molecular weight is 278 g/mol. The van der Waals surface area contributed by atoms with Crippen LogP contribution < -0.4 is 0 Å². The molecule has 0 spiro atoms. The van der Waals surface area contributed by atoms with Crippen LogP contribution in [0.2, 0.25) is 0 Å². The van der Waals surface area contributed by atoms with Crippen LogP contribution >= 0.6 is 0 Å². The molecule has 0 aliphatic heterocycles. The fourth-order valence-electron chi connectivity index (χ4n) is 2.41. The van der Waals surface area contributed by atoms with Crippen molar-refractivity contribution in [2.75, 3.05) is 0 Å². The van der Waals surface area contributed by atoms with Crippen molar-refractivity contribution >= 4 is 0 Å². The van der Waals surface area contributed by atoms with Gasteiger partial charge < -0.3 is 5.11 Å². The van der Waals surface area contributed by atoms with Crippen LogP contribution in [0.15, 0.2) is 54.6 Å². The molecule has 2 aromatic carbocycles. The highest BCUT2D eigenvalue weighted by molar-refractivity contribution is 5.42. The Balaban J connectivity index is 2.03. The number of nitrogens with zero attached hydrogens (tertiary/aromatic N) is 2. The fourth-order valence-corrected chi connectivity index (χ4v) is 2.41. The molecule has 3 nitrogen and oxygen atoms in total. The van der Waals surface area contributed by atoms with Crippen molar-refractivity contribution in [3.8, 4) is 11.4 Å². The van der Waals surface area contributed by atoms with E-state index in [2.05, 4.69) is 36.3 Å². The molecule has 0 atom stereocenters. The molecular weight excluding hydrogens is 260 g/mol. The van der Waals surface area contributed by atoms with Gasteiger partial charge in [-0.15, -0.1) is 0 Å². The predicted octanol–water partition coefficient (Wildman–Crippen LogP) is 3.79. The van der Waals surface area contributed by atoms with Crippen LogP contribution in [-0.4, -0.2) is 14.9 Å². The lowest BCUT2D eigenvalue weighted by Crippen LogP contribution is -2.03. The number of hydrogen-bond donors (Lipinski definition) is 1. The number of para-hydroxylation sites is 1. The minimum absolute atomic E-state index is 0.277. The summed E-state index contributed by atoms with van der Waals surface area (Å²) in [4.78, 5) is 0. The van der Waals surface area contributed by atoms with Crippen LogP contribution in [-0.2, 0) is 6.42 Å². The van der Waals surface area contributed by atoms with E-state index < -0.39 is 0 Å². The Kier molecular flexibility index (Phi) is 3.48. The first kappa shape index (κ1) is 13.4. The van der Waals surface area contributed by atoms with Crippen molar-refractivity contribution in [1.29, 1.82) is 0 Å². The second-order valence-corrected chi connectivity index (χ2v) is 5.29. The molecule has 1 heterocycles. The number of benzene rings is 2. The molecule has 0 fully saturated rings. The van der Waals surface area contributed by atoms with Gasteiger partial charge in [-0.1, -0.05) is 48.0 Å². The molecule has 0 saturated heterocycles. The van der Waals surface area contributed by atoms with Crippen molar-refractivity contribution in [2.24, 2.45) is 0 Å². The van der Waals surface area contributed by atoms with Crippen molar-refractivity contribution < 1.29 is 5.11 Å². The van der Waals surface area contributed by atoms with E-state index in [0.29, 0.717) is 12.1 Å². The molecular formula is C18H18N2O. The van der Waals surface area contributed by atoms with Gasteiger partial charge in [0, 0.05) is 6.42 Å². The number of aromatic hydroxyl groups is 1. The molecule has 0 bridgehead atoms. The molecule has 3 rings (SSSR count). The van der Waals surface area contributed by atoms with Crippen LogP contribution in [0.25, 0.3) is 5.69 Å². The summed E-state index contributed by atoms with van der Waals surface area (Å²) in [6.07, 6.45) is 0.655. The summed E-state index contributed by atoms with van der Waals surface area (Å²) in [7, 11) is 0. The zero-order valence-corrected chi connectivity index (χ0v) is 12.2.